The number of rotatable bonds is 61. The van der Waals surface area contributed by atoms with Crippen LogP contribution in [0.25, 0.3) is 0 Å². The summed E-state index contributed by atoms with van der Waals surface area (Å²) in [6.07, 6.45) is -3.29. The molecular formula is C59H117NO32P4S4. The van der Waals surface area contributed by atoms with Crippen molar-refractivity contribution in [2.75, 3.05) is 146 Å². The quantitative estimate of drug-likeness (QED) is 0.0307. The van der Waals surface area contributed by atoms with Crippen LogP contribution in [-0.2, 0) is 136 Å². The Morgan fingerprint density at radius 2 is 0.640 bits per heavy atom. The number of unbranched alkanes of at least 4 members (excludes halogenated alkanes) is 10. The smallest absolute Gasteiger partial charge is 0.324 e. The van der Waals surface area contributed by atoms with E-state index in [0.29, 0.717) is 96.7 Å². The fourth-order valence-electron chi connectivity index (χ4n) is 10.3. The number of nitrogens with one attached hydrogen (secondary N) is 1. The monoisotopic (exact) mass is 1600 g/mol. The molecule has 0 spiro atoms. The highest BCUT2D eigenvalue weighted by molar-refractivity contribution is 8.08. The zero-order valence-corrected chi connectivity index (χ0v) is 64.9. The average molecular weight is 1600 g/mol. The van der Waals surface area contributed by atoms with Crippen molar-refractivity contribution in [3.8, 4) is 0 Å². The number of amides is 1. The van der Waals surface area contributed by atoms with Crippen molar-refractivity contribution in [1.82, 2.24) is 5.32 Å². The first-order valence-corrected chi connectivity index (χ1v) is 44.6. The molecule has 0 aromatic rings. The summed E-state index contributed by atoms with van der Waals surface area (Å²) in [5, 5.41) is 92.7. The first-order chi connectivity index (χ1) is 47.6. The Hall–Kier alpha value is 0.830. The molecule has 20 atom stereocenters. The Morgan fingerprint density at radius 1 is 0.380 bits per heavy atom. The number of aliphatic hydroxyl groups is 9. The number of ether oxygens (including phenoxy) is 10. The molecule has 14 N–H and O–H groups in total. The highest BCUT2D eigenvalue weighted by atomic mass is 32.5. The van der Waals surface area contributed by atoms with Gasteiger partial charge in [-0.3, -0.25) is 4.79 Å². The predicted octanol–water partition coefficient (Wildman–Crippen LogP) is 2.44. The molecule has 1 amide bonds. The zero-order valence-electron chi connectivity index (χ0n) is 58.0. The van der Waals surface area contributed by atoms with Crippen LogP contribution < -0.4 is 5.32 Å². The number of carbonyl (C=O) groups excluding carboxylic acids is 1. The minimum absolute atomic E-state index is 0.000697. The highest BCUT2D eigenvalue weighted by Crippen LogP contribution is 2.46. The Balaban J connectivity index is 1.53. The molecule has 0 aromatic carbocycles. The van der Waals surface area contributed by atoms with Crippen LogP contribution in [0.15, 0.2) is 0 Å². The molecule has 0 aromatic heterocycles. The average Bonchev–Trinajstić information content (AvgIpc) is 0.815. The maximum Gasteiger partial charge on any atom is 0.324 e. The summed E-state index contributed by atoms with van der Waals surface area (Å²) in [5.74, 6) is -1.49. The van der Waals surface area contributed by atoms with Crippen molar-refractivity contribution in [2.24, 2.45) is 17.3 Å². The molecule has 0 radical (unpaired) electrons. The molecule has 3 aliphatic heterocycles. The Labute approximate surface area is 608 Å². The van der Waals surface area contributed by atoms with Crippen LogP contribution >= 0.6 is 26.9 Å². The van der Waals surface area contributed by atoms with Crippen LogP contribution in [0, 0.1) is 17.3 Å². The molecule has 3 saturated heterocycles. The summed E-state index contributed by atoms with van der Waals surface area (Å²) in [5.41, 5.74) is -0.914. The first-order valence-electron chi connectivity index (χ1n) is 34.3. The normalized spacial score (nSPS) is 28.9. The summed E-state index contributed by atoms with van der Waals surface area (Å²) < 4.78 is 103. The summed E-state index contributed by atoms with van der Waals surface area (Å²) in [7, 11) is 1.29. The number of carbonyl (C=O) groups is 1. The minimum atomic E-state index is -3.64. The van der Waals surface area contributed by atoms with E-state index in [2.05, 4.69) is 5.32 Å². The van der Waals surface area contributed by atoms with E-state index in [1.807, 2.05) is 0 Å². The third kappa shape index (κ3) is 39.5. The van der Waals surface area contributed by atoms with Crippen molar-refractivity contribution in [3.63, 3.8) is 0 Å². The number of hydrogen-bond donors (Lipinski definition) is 14. The lowest BCUT2D eigenvalue weighted by molar-refractivity contribution is -0.282. The van der Waals surface area contributed by atoms with Gasteiger partial charge in [0.2, 0.25) is 5.91 Å². The first kappa shape index (κ1) is 95.0. The largest absolute Gasteiger partial charge is 0.394 e. The maximum absolute atomic E-state index is 11.7. The predicted molar refractivity (Wildman–Crippen MR) is 376 cm³/mol. The van der Waals surface area contributed by atoms with E-state index < -0.39 is 150 Å². The molecule has 3 heterocycles. The molecule has 3 rings (SSSR count). The highest BCUT2D eigenvalue weighted by Gasteiger charge is 2.46. The van der Waals surface area contributed by atoms with E-state index >= 15 is 0 Å². The van der Waals surface area contributed by atoms with Gasteiger partial charge in [0.05, 0.1) is 110 Å². The SMILES string of the molecule is COP(O)(=S)OCCCCCCOCC(COCCCOP(O)(=S)OCCCCCCO[C@@H]1OC(CO)[C@H](O)[C@H](O)C1C)(COCCCOP(O)(=S)OCCCCCCO[C@@H]1OC(CO)[C@H](O)[C@H](O)C1NC(C)=O)COCCCOP(O)(=S)OCCCCO[C@@H]1OC(CO)[C@H](O)[C@H](O)C1C. The van der Waals surface area contributed by atoms with Crippen LogP contribution in [0.2, 0.25) is 0 Å². The second-order valence-corrected chi connectivity index (χ2v) is 36.2. The molecule has 100 heavy (non-hydrogen) atoms. The van der Waals surface area contributed by atoms with Gasteiger partial charge in [0, 0.05) is 72.1 Å². The van der Waals surface area contributed by atoms with Crippen LogP contribution in [0.1, 0.15) is 130 Å². The van der Waals surface area contributed by atoms with Gasteiger partial charge >= 0.3 is 26.9 Å². The fourth-order valence-corrected chi connectivity index (χ4v) is 14.7. The third-order valence-electron chi connectivity index (χ3n) is 16.2. The molecule has 594 valence electrons. The molecular weight excluding hydrogens is 1490 g/mol. The zero-order chi connectivity index (χ0) is 74.0. The van der Waals surface area contributed by atoms with E-state index in [0.717, 1.165) is 25.7 Å². The second kappa shape index (κ2) is 52.9. The molecule has 0 saturated carbocycles. The van der Waals surface area contributed by atoms with Crippen LogP contribution in [0.5, 0.6) is 0 Å². The fraction of sp³-hybridized carbons (Fsp3) is 0.983. The van der Waals surface area contributed by atoms with E-state index in [1.54, 1.807) is 13.8 Å². The lowest BCUT2D eigenvalue weighted by Gasteiger charge is -2.42. The third-order valence-corrected chi connectivity index (χ3v) is 22.9. The molecule has 3 aliphatic rings. The summed E-state index contributed by atoms with van der Waals surface area (Å²) in [4.78, 5) is 54.0. The van der Waals surface area contributed by atoms with Gasteiger partial charge in [0.25, 0.3) is 0 Å². The van der Waals surface area contributed by atoms with E-state index in [4.69, 9.17) is 131 Å². The number of aliphatic hydroxyl groups excluding tert-OH is 9. The molecule has 0 aliphatic carbocycles. The van der Waals surface area contributed by atoms with Gasteiger partial charge in [0.15, 0.2) is 18.9 Å². The van der Waals surface area contributed by atoms with Gasteiger partial charge in [-0.25, -0.2) is 0 Å². The molecule has 0 bridgehead atoms. The van der Waals surface area contributed by atoms with Gasteiger partial charge in [0.1, 0.15) is 48.8 Å². The van der Waals surface area contributed by atoms with Crippen LogP contribution in [0.3, 0.4) is 0 Å². The summed E-state index contributed by atoms with van der Waals surface area (Å²) in [6.45, 7) is -8.44. The van der Waals surface area contributed by atoms with E-state index in [-0.39, 0.29) is 106 Å². The molecule has 3 fully saturated rings. The van der Waals surface area contributed by atoms with E-state index in [1.165, 1.54) is 14.0 Å². The van der Waals surface area contributed by atoms with Crippen molar-refractivity contribution in [2.45, 2.75) is 210 Å². The van der Waals surface area contributed by atoms with Gasteiger partial charge in [-0.1, -0.05) is 52.4 Å². The van der Waals surface area contributed by atoms with E-state index in [9.17, 15) is 70.3 Å². The lowest BCUT2D eigenvalue weighted by Crippen LogP contribution is -2.64. The van der Waals surface area contributed by atoms with Gasteiger partial charge in [-0.05, 0) is 118 Å². The molecule has 11 unspecified atom stereocenters. The second-order valence-electron chi connectivity index (χ2n) is 24.8. The minimum Gasteiger partial charge on any atom is -0.394 e. The lowest BCUT2D eigenvalue weighted by atomic mass is 9.92. The Bertz CT molecular complexity index is 2350. The van der Waals surface area contributed by atoms with Gasteiger partial charge < -0.3 is 154 Å². The molecule has 33 nitrogen and oxygen atoms in total. The standard InChI is InChI=1S/C59H117NO32P4S4/c1-43-50(65)52(67)46(36-61)90-56(43)80-26-12-6-9-15-30-84-94(72,98)87-33-19-23-77-40-59(39-76-22-11-5-8-14-29-83-93(71,97)75-4,42-79-25-21-35-89-96(74,100)86-32-18-17-28-81-57-44(2)51(66)53(68)47(37-62)91-57)41-78-24-20-34-88-95(73,99)85-31-16-10-7-13-27-82-58-49(60-45(3)64)55(70)54(69)48(38-63)92-58/h43-44,46-58,61-63,65-70H,5-42H2,1-4H3,(H,60,64)(H,71,97)(H,72,98)(H,73,99)(H,74,100)/t43?,44?,46?,47?,48?,49?,50-,51-,52+,53+,54+,55-,56-,57-,58-,59?,93?,94?,95?,96?/m1/s1. The van der Waals surface area contributed by atoms with Crippen molar-refractivity contribution >= 4 is 80.0 Å². The Kier molecular flexibility index (Phi) is 50.2. The maximum atomic E-state index is 11.7. The van der Waals surface area contributed by atoms with Crippen molar-refractivity contribution in [3.05, 3.63) is 0 Å². The molecule has 41 heteroatoms. The summed E-state index contributed by atoms with van der Waals surface area (Å²) in [6, 6.07) is -1.04. The summed E-state index contributed by atoms with van der Waals surface area (Å²) >= 11 is 20.7. The van der Waals surface area contributed by atoms with Crippen LogP contribution in [-0.4, -0.2) is 297 Å². The van der Waals surface area contributed by atoms with Gasteiger partial charge in [-0.2, -0.15) is 0 Å². The van der Waals surface area contributed by atoms with Crippen LogP contribution in [0.4, 0.5) is 0 Å². The number of hydrogen-bond acceptors (Lipinski definition) is 32. The van der Waals surface area contributed by atoms with Crippen molar-refractivity contribution < 1.29 is 154 Å². The van der Waals surface area contributed by atoms with Crippen molar-refractivity contribution in [1.29, 1.82) is 0 Å². The topological polar surface area (TPSA) is 458 Å². The Morgan fingerprint density at radius 3 is 0.970 bits per heavy atom. The van der Waals surface area contributed by atoms with Gasteiger partial charge in [-0.15, -0.1) is 0 Å².